The van der Waals surface area contributed by atoms with Gasteiger partial charge in [0.15, 0.2) is 0 Å². The number of likely N-dealkylation sites (N-methyl/N-ethyl adjacent to an activating group) is 2. The van der Waals surface area contributed by atoms with Crippen molar-refractivity contribution in [3.63, 3.8) is 0 Å². The van der Waals surface area contributed by atoms with Crippen molar-refractivity contribution in [1.82, 2.24) is 15.5 Å². The average Bonchev–Trinajstić information content (AvgIpc) is 2.49. The molecule has 1 aromatic rings. The Bertz CT molecular complexity index is 520. The van der Waals surface area contributed by atoms with E-state index in [-0.39, 0.29) is 17.4 Å². The van der Waals surface area contributed by atoms with Gasteiger partial charge >= 0.3 is 0 Å². The average molecular weight is 309 g/mol. The monoisotopic (exact) mass is 309 g/mol. The quantitative estimate of drug-likeness (QED) is 0.797. The standard InChI is InChI=1S/C16H24FN3O2/c1-11(2)14(16(22)20(4)10-9-18-3)19-15(21)12-7-5-6-8-13(12)17/h5-8,11,14,18H,9-10H2,1-4H3,(H,19,21). The van der Waals surface area contributed by atoms with Gasteiger partial charge in [0.05, 0.1) is 5.56 Å². The highest BCUT2D eigenvalue weighted by atomic mass is 19.1. The number of benzene rings is 1. The summed E-state index contributed by atoms with van der Waals surface area (Å²) >= 11 is 0. The van der Waals surface area contributed by atoms with E-state index in [4.69, 9.17) is 0 Å². The van der Waals surface area contributed by atoms with Crippen molar-refractivity contribution < 1.29 is 14.0 Å². The zero-order chi connectivity index (χ0) is 16.7. The van der Waals surface area contributed by atoms with Crippen molar-refractivity contribution in [1.29, 1.82) is 0 Å². The van der Waals surface area contributed by atoms with Crippen molar-refractivity contribution in [2.24, 2.45) is 5.92 Å². The normalized spacial score (nSPS) is 12.1. The van der Waals surface area contributed by atoms with Crippen LogP contribution in [-0.2, 0) is 4.79 Å². The van der Waals surface area contributed by atoms with Gasteiger partial charge in [0.1, 0.15) is 11.9 Å². The van der Waals surface area contributed by atoms with Crippen LogP contribution in [-0.4, -0.2) is 49.9 Å². The molecule has 0 aliphatic heterocycles. The van der Waals surface area contributed by atoms with Crippen molar-refractivity contribution in [2.45, 2.75) is 19.9 Å². The predicted octanol–water partition coefficient (Wildman–Crippen LogP) is 1.26. The predicted molar refractivity (Wildman–Crippen MR) is 84.1 cm³/mol. The molecule has 0 aliphatic rings. The third kappa shape index (κ3) is 4.80. The summed E-state index contributed by atoms with van der Waals surface area (Å²) in [6, 6.07) is 5.04. The Morgan fingerprint density at radius 3 is 2.45 bits per heavy atom. The topological polar surface area (TPSA) is 61.4 Å². The maximum absolute atomic E-state index is 13.7. The first-order valence-electron chi connectivity index (χ1n) is 7.33. The lowest BCUT2D eigenvalue weighted by atomic mass is 10.0. The smallest absolute Gasteiger partial charge is 0.254 e. The Balaban J connectivity index is 2.82. The van der Waals surface area contributed by atoms with Crippen molar-refractivity contribution in [3.05, 3.63) is 35.6 Å². The summed E-state index contributed by atoms with van der Waals surface area (Å²) in [6.45, 7) is 4.88. The summed E-state index contributed by atoms with van der Waals surface area (Å²) in [5.41, 5.74) is -0.0566. The maximum atomic E-state index is 13.7. The first kappa shape index (κ1) is 18.1. The van der Waals surface area contributed by atoms with E-state index >= 15 is 0 Å². The van der Waals surface area contributed by atoms with Crippen molar-refractivity contribution >= 4 is 11.8 Å². The highest BCUT2D eigenvalue weighted by Crippen LogP contribution is 2.10. The summed E-state index contributed by atoms with van der Waals surface area (Å²) in [5.74, 6) is -1.46. The zero-order valence-corrected chi connectivity index (χ0v) is 13.5. The molecule has 1 aromatic carbocycles. The van der Waals surface area contributed by atoms with E-state index in [9.17, 15) is 14.0 Å². The molecule has 0 aromatic heterocycles. The van der Waals surface area contributed by atoms with E-state index in [0.717, 1.165) is 0 Å². The lowest BCUT2D eigenvalue weighted by molar-refractivity contribution is -0.132. The molecule has 0 aliphatic carbocycles. The highest BCUT2D eigenvalue weighted by Gasteiger charge is 2.27. The molecule has 22 heavy (non-hydrogen) atoms. The number of hydrogen-bond donors (Lipinski definition) is 2. The van der Waals surface area contributed by atoms with Crippen LogP contribution in [0, 0.1) is 11.7 Å². The molecule has 0 saturated heterocycles. The van der Waals surface area contributed by atoms with Gasteiger partial charge in [0.2, 0.25) is 5.91 Å². The number of nitrogens with one attached hydrogen (secondary N) is 2. The molecular weight excluding hydrogens is 285 g/mol. The second-order valence-corrected chi connectivity index (χ2v) is 5.54. The molecule has 0 radical (unpaired) electrons. The molecule has 5 nitrogen and oxygen atoms in total. The van der Waals surface area contributed by atoms with Crippen LogP contribution in [0.1, 0.15) is 24.2 Å². The molecule has 1 atom stereocenters. The molecule has 0 fully saturated rings. The molecule has 1 unspecified atom stereocenters. The molecule has 0 bridgehead atoms. The largest absolute Gasteiger partial charge is 0.343 e. The Labute approximate surface area is 130 Å². The molecule has 2 N–H and O–H groups in total. The van der Waals surface area contributed by atoms with Crippen molar-refractivity contribution in [3.8, 4) is 0 Å². The second kappa shape index (κ2) is 8.48. The molecule has 1 rings (SSSR count). The number of hydrogen-bond acceptors (Lipinski definition) is 3. The summed E-state index contributed by atoms with van der Waals surface area (Å²) in [7, 11) is 3.49. The van der Waals surface area contributed by atoms with E-state index < -0.39 is 17.8 Å². The van der Waals surface area contributed by atoms with Crippen LogP contribution in [0.15, 0.2) is 24.3 Å². The summed E-state index contributed by atoms with van der Waals surface area (Å²) in [6.07, 6.45) is 0. The number of carbonyl (C=O) groups is 2. The molecule has 122 valence electrons. The number of rotatable bonds is 7. The lowest BCUT2D eigenvalue weighted by Crippen LogP contribution is -2.51. The number of nitrogens with zero attached hydrogens (tertiary/aromatic N) is 1. The summed E-state index contributed by atoms with van der Waals surface area (Å²) in [5, 5.41) is 5.61. The van der Waals surface area contributed by atoms with Crippen LogP contribution in [0.2, 0.25) is 0 Å². The fraction of sp³-hybridized carbons (Fsp3) is 0.500. The Morgan fingerprint density at radius 1 is 1.27 bits per heavy atom. The number of halogens is 1. The van der Waals surface area contributed by atoms with Gasteiger partial charge in [0, 0.05) is 20.1 Å². The minimum Gasteiger partial charge on any atom is -0.343 e. The van der Waals surface area contributed by atoms with Gasteiger partial charge in [-0.15, -0.1) is 0 Å². The van der Waals surface area contributed by atoms with Gasteiger partial charge in [-0.3, -0.25) is 9.59 Å². The SMILES string of the molecule is CNCCN(C)C(=O)C(NC(=O)c1ccccc1F)C(C)C. The number of carbonyl (C=O) groups excluding carboxylic acids is 2. The van der Waals surface area contributed by atoms with Crippen LogP contribution < -0.4 is 10.6 Å². The van der Waals surface area contributed by atoms with Crippen LogP contribution in [0.25, 0.3) is 0 Å². The Hall–Kier alpha value is -1.95. The fourth-order valence-electron chi connectivity index (χ4n) is 2.01. The van der Waals surface area contributed by atoms with Gasteiger partial charge in [-0.25, -0.2) is 4.39 Å². The first-order chi connectivity index (χ1) is 10.4. The van der Waals surface area contributed by atoms with Gasteiger partial charge in [-0.1, -0.05) is 26.0 Å². The second-order valence-electron chi connectivity index (χ2n) is 5.54. The maximum Gasteiger partial charge on any atom is 0.254 e. The van der Waals surface area contributed by atoms with Crippen LogP contribution in [0.5, 0.6) is 0 Å². The molecule has 0 heterocycles. The van der Waals surface area contributed by atoms with E-state index in [1.807, 2.05) is 13.8 Å². The third-order valence-corrected chi connectivity index (χ3v) is 3.41. The Morgan fingerprint density at radius 2 is 1.91 bits per heavy atom. The number of amides is 2. The molecule has 0 spiro atoms. The molecular formula is C16H24FN3O2. The minimum atomic E-state index is -0.686. The van der Waals surface area contributed by atoms with E-state index in [2.05, 4.69) is 10.6 Å². The van der Waals surface area contributed by atoms with Crippen LogP contribution in [0.3, 0.4) is 0 Å². The van der Waals surface area contributed by atoms with Gasteiger partial charge in [0.25, 0.3) is 5.91 Å². The van der Waals surface area contributed by atoms with Gasteiger partial charge < -0.3 is 15.5 Å². The molecule has 0 saturated carbocycles. The van der Waals surface area contributed by atoms with Gasteiger partial charge in [-0.05, 0) is 25.1 Å². The highest BCUT2D eigenvalue weighted by molar-refractivity contribution is 5.97. The minimum absolute atomic E-state index is 0.0566. The third-order valence-electron chi connectivity index (χ3n) is 3.41. The first-order valence-corrected chi connectivity index (χ1v) is 7.33. The van der Waals surface area contributed by atoms with Crippen LogP contribution in [0.4, 0.5) is 4.39 Å². The molecule has 6 heteroatoms. The van der Waals surface area contributed by atoms with Crippen LogP contribution >= 0.6 is 0 Å². The van der Waals surface area contributed by atoms with E-state index in [1.165, 1.54) is 18.2 Å². The van der Waals surface area contributed by atoms with E-state index in [1.54, 1.807) is 25.1 Å². The molecule has 2 amide bonds. The summed E-state index contributed by atoms with van der Waals surface area (Å²) in [4.78, 5) is 26.2. The summed E-state index contributed by atoms with van der Waals surface area (Å²) < 4.78 is 13.7. The Kier molecular flexibility index (Phi) is 6.98. The van der Waals surface area contributed by atoms with Gasteiger partial charge in [-0.2, -0.15) is 0 Å². The zero-order valence-electron chi connectivity index (χ0n) is 13.5. The lowest BCUT2D eigenvalue weighted by Gasteiger charge is -2.27. The van der Waals surface area contributed by atoms with Crippen molar-refractivity contribution in [2.75, 3.05) is 27.2 Å². The van der Waals surface area contributed by atoms with E-state index in [0.29, 0.717) is 13.1 Å². The fourth-order valence-corrected chi connectivity index (χ4v) is 2.01.